The van der Waals surface area contributed by atoms with Crippen molar-refractivity contribution in [3.8, 4) is 17.2 Å². The number of aldehydes is 1. The lowest BCUT2D eigenvalue weighted by Gasteiger charge is -2.59. The van der Waals surface area contributed by atoms with Gasteiger partial charge in [-0.2, -0.15) is 0 Å². The molecule has 13 heteroatoms. The molecule has 66 heavy (non-hydrogen) atoms. The number of allylic oxidation sites excluding steroid dienone is 1. The zero-order chi connectivity index (χ0) is 47.0. The maximum atomic E-state index is 14.7. The van der Waals surface area contributed by atoms with Crippen molar-refractivity contribution in [3.05, 3.63) is 77.9 Å². The zero-order valence-corrected chi connectivity index (χ0v) is 39.8. The molecule has 0 bridgehead atoms. The van der Waals surface area contributed by atoms with Gasteiger partial charge in [-0.1, -0.05) is 107 Å². The molecule has 2 aromatic rings. The van der Waals surface area contributed by atoms with Crippen molar-refractivity contribution in [2.24, 2.45) is 22.9 Å². The Bertz CT molecular complexity index is 1840. The van der Waals surface area contributed by atoms with Crippen LogP contribution in [0.15, 0.2) is 71.9 Å². The third kappa shape index (κ3) is 14.4. The summed E-state index contributed by atoms with van der Waals surface area (Å²) >= 11 is 0. The zero-order valence-electron chi connectivity index (χ0n) is 39.8. The van der Waals surface area contributed by atoms with Crippen LogP contribution in [0.2, 0.25) is 0 Å². The number of rotatable bonds is 33. The van der Waals surface area contributed by atoms with Crippen molar-refractivity contribution in [1.29, 1.82) is 0 Å². The van der Waals surface area contributed by atoms with Crippen LogP contribution in [0.1, 0.15) is 145 Å². The van der Waals surface area contributed by atoms with Gasteiger partial charge < -0.3 is 43.8 Å². The molecule has 1 fully saturated rings. The van der Waals surface area contributed by atoms with Gasteiger partial charge in [0.15, 0.2) is 0 Å². The molecule has 0 spiro atoms. The molecule has 1 aliphatic heterocycles. The third-order valence-electron chi connectivity index (χ3n) is 13.2. The van der Waals surface area contributed by atoms with Crippen molar-refractivity contribution in [2.75, 3.05) is 59.4 Å². The van der Waals surface area contributed by atoms with E-state index in [0.717, 1.165) is 62.4 Å². The maximum absolute atomic E-state index is 14.7. The van der Waals surface area contributed by atoms with Gasteiger partial charge in [-0.15, -0.1) is 6.58 Å². The second kappa shape index (κ2) is 28.8. The largest absolute Gasteiger partial charge is 0.459 e. The highest BCUT2D eigenvalue weighted by Crippen LogP contribution is 2.62. The van der Waals surface area contributed by atoms with Gasteiger partial charge in [-0.25, -0.2) is 4.79 Å². The summed E-state index contributed by atoms with van der Waals surface area (Å²) in [6.45, 7) is 9.25. The van der Waals surface area contributed by atoms with E-state index in [-0.39, 0.29) is 77.0 Å². The molecule has 1 amide bonds. The van der Waals surface area contributed by atoms with Gasteiger partial charge in [0.1, 0.15) is 36.2 Å². The van der Waals surface area contributed by atoms with Crippen LogP contribution in [0.3, 0.4) is 0 Å². The number of nitrogens with zero attached hydrogens (tertiary/aromatic N) is 2. The molecule has 1 heterocycles. The van der Waals surface area contributed by atoms with E-state index in [4.69, 9.17) is 33.7 Å². The molecule has 13 nitrogen and oxygen atoms in total. The molecule has 2 aliphatic carbocycles. The molecule has 1 saturated carbocycles. The number of aliphatic hydroxyl groups excluding tert-OH is 3. The molecule has 6 unspecified atom stereocenters. The highest BCUT2D eigenvalue weighted by molar-refractivity contribution is 6.03. The quantitative estimate of drug-likeness (QED) is 0.0270. The summed E-state index contributed by atoms with van der Waals surface area (Å²) in [7, 11) is 0. The number of fused-ring (bicyclic) bond motifs is 2. The Kier molecular flexibility index (Phi) is 23.0. The fourth-order valence-corrected chi connectivity index (χ4v) is 10.2. The molecule has 5 rings (SSSR count). The first-order valence-electron chi connectivity index (χ1n) is 24.9. The summed E-state index contributed by atoms with van der Waals surface area (Å²) in [6.07, 6.45) is 20.6. The maximum Gasteiger partial charge on any atom is 0.410 e. The molecule has 0 aromatic heterocycles. The Balaban J connectivity index is 1.60. The molecular weight excluding hydrogens is 841 g/mol. The van der Waals surface area contributed by atoms with Crippen LogP contribution in [-0.2, 0) is 19.0 Å². The summed E-state index contributed by atoms with van der Waals surface area (Å²) in [4.78, 5) is 33.9. The van der Waals surface area contributed by atoms with E-state index in [9.17, 15) is 24.9 Å². The fourth-order valence-electron chi connectivity index (χ4n) is 10.2. The van der Waals surface area contributed by atoms with Gasteiger partial charge in [-0.3, -0.25) is 9.69 Å². The predicted octanol–water partition coefficient (Wildman–Crippen LogP) is 10.3. The molecule has 366 valence electrons. The number of carbonyl (C=O) groups is 2. The molecule has 3 aliphatic rings. The molecule has 6 atom stereocenters. The minimum absolute atomic E-state index is 0.0173. The molecule has 0 saturated heterocycles. The van der Waals surface area contributed by atoms with Crippen LogP contribution in [0.4, 0.5) is 4.79 Å². The molecule has 0 radical (unpaired) electrons. The summed E-state index contributed by atoms with van der Waals surface area (Å²) < 4.78 is 32.8. The van der Waals surface area contributed by atoms with Gasteiger partial charge in [0.2, 0.25) is 5.79 Å². The first-order valence-corrected chi connectivity index (χ1v) is 24.9. The summed E-state index contributed by atoms with van der Waals surface area (Å²) in [5, 5.41) is 34.3. The van der Waals surface area contributed by atoms with Crippen LogP contribution in [0.25, 0.3) is 0 Å². The topological polar surface area (TPSA) is 166 Å². The van der Waals surface area contributed by atoms with Crippen LogP contribution < -0.4 is 9.47 Å². The predicted molar refractivity (Wildman–Crippen MR) is 256 cm³/mol. The fraction of sp³-hybridized carbons (Fsp3) is 0.642. The monoisotopic (exact) mass is 919 g/mol. The lowest BCUT2D eigenvalue weighted by atomic mass is 9.55. The van der Waals surface area contributed by atoms with Crippen molar-refractivity contribution >= 4 is 18.1 Å². The number of hydrogen-bond donors (Lipinski definition) is 3. The van der Waals surface area contributed by atoms with Crippen molar-refractivity contribution in [2.45, 2.75) is 141 Å². The van der Waals surface area contributed by atoms with Crippen molar-refractivity contribution in [1.82, 2.24) is 4.90 Å². The lowest BCUT2D eigenvalue weighted by molar-refractivity contribution is -0.256. The van der Waals surface area contributed by atoms with Crippen LogP contribution in [-0.4, -0.2) is 110 Å². The standard InChI is InChI=1S/C53H78N2O11/c1-4-7-8-9-10-11-12-13-14-19-32-62-52(60)55(27-33-61-34-30-58)49-38-47(54-64-6-3)45-36-41(22-15-17-28-56)44(24-16-18-29-57)50-46-37-43(65-42-23-20-21-40(35-42)39-59)25-26-48(46)66-53(49,51(45)50)63-31-5-2/h5,20-21,23,25-26,35-37,39,41,44,49-51,56-58H,2,4,6-19,22,24,27-34,38H2,1,3H3. The van der Waals surface area contributed by atoms with Crippen molar-refractivity contribution in [3.63, 3.8) is 0 Å². The van der Waals surface area contributed by atoms with Gasteiger partial charge >= 0.3 is 6.09 Å². The van der Waals surface area contributed by atoms with E-state index in [2.05, 4.69) is 19.6 Å². The lowest BCUT2D eigenvalue weighted by Crippen LogP contribution is -2.70. The molecule has 3 N–H and O–H groups in total. The van der Waals surface area contributed by atoms with E-state index in [1.807, 2.05) is 31.2 Å². The normalized spacial score (nSPS) is 22.4. The van der Waals surface area contributed by atoms with E-state index in [0.29, 0.717) is 48.0 Å². The number of aliphatic hydroxyl groups is 3. The number of unbranched alkanes of at least 4 members (excludes halogenated alkanes) is 11. The number of hydrogen-bond acceptors (Lipinski definition) is 12. The minimum Gasteiger partial charge on any atom is -0.459 e. The number of oxime groups is 1. The van der Waals surface area contributed by atoms with Crippen LogP contribution in [0.5, 0.6) is 17.2 Å². The summed E-state index contributed by atoms with van der Waals surface area (Å²) in [5.74, 6) is -0.499. The Morgan fingerprint density at radius 2 is 1.59 bits per heavy atom. The number of carbonyl (C=O) groups excluding carboxylic acids is 2. The minimum atomic E-state index is -1.47. The second-order valence-electron chi connectivity index (χ2n) is 17.8. The average Bonchev–Trinajstić information content (AvgIpc) is 3.33. The molecular formula is C53H78N2O11. The van der Waals surface area contributed by atoms with Gasteiger partial charge in [-0.05, 0) is 86.8 Å². The Labute approximate surface area is 393 Å². The number of ether oxygens (including phenoxy) is 5. The SMILES string of the molecule is C=CCOC12Oc3ccc(Oc4cccc(C=O)c4)cc3C3C(CCCCO)C(CCCCO)C=C(C(=NOCC)CC1N(CCOCCO)C(=O)OCCCCCCCCCCCC)C32. The van der Waals surface area contributed by atoms with E-state index in [1.165, 1.54) is 44.9 Å². The third-order valence-corrected chi connectivity index (χ3v) is 13.2. The Morgan fingerprint density at radius 1 is 0.864 bits per heavy atom. The average molecular weight is 919 g/mol. The summed E-state index contributed by atoms with van der Waals surface area (Å²) in [6, 6.07) is 12.0. The van der Waals surface area contributed by atoms with Gasteiger partial charge in [0.05, 0.1) is 44.7 Å². The first-order chi connectivity index (χ1) is 32.4. The van der Waals surface area contributed by atoms with Gasteiger partial charge in [0, 0.05) is 43.2 Å². The van der Waals surface area contributed by atoms with Crippen molar-refractivity contribution < 1.29 is 53.4 Å². The highest BCUT2D eigenvalue weighted by atomic mass is 16.7. The molecule has 2 aromatic carbocycles. The Hall–Kier alpha value is -4.27. The first kappa shape index (κ1) is 52.7. The van der Waals surface area contributed by atoms with Crippen LogP contribution >= 0.6 is 0 Å². The van der Waals surface area contributed by atoms with E-state index >= 15 is 0 Å². The van der Waals surface area contributed by atoms with Gasteiger partial charge in [0.25, 0.3) is 0 Å². The van der Waals surface area contributed by atoms with Crippen LogP contribution in [0, 0.1) is 17.8 Å². The smallest absolute Gasteiger partial charge is 0.410 e. The highest BCUT2D eigenvalue weighted by Gasteiger charge is 2.65. The number of amides is 1. The van der Waals surface area contributed by atoms with E-state index in [1.54, 1.807) is 29.2 Å². The summed E-state index contributed by atoms with van der Waals surface area (Å²) in [5.41, 5.74) is 3.01. The second-order valence-corrected chi connectivity index (χ2v) is 17.8. The number of benzene rings is 2. The Morgan fingerprint density at radius 3 is 2.29 bits per heavy atom. The van der Waals surface area contributed by atoms with E-state index < -0.39 is 23.8 Å².